The fourth-order valence-electron chi connectivity index (χ4n) is 6.50. The second-order valence-corrected chi connectivity index (χ2v) is 12.8. The summed E-state index contributed by atoms with van der Waals surface area (Å²) in [5.74, 6) is -0.421. The minimum atomic E-state index is -0.992. The van der Waals surface area contributed by atoms with Crippen LogP contribution in [0.4, 0.5) is 0 Å². The van der Waals surface area contributed by atoms with Crippen molar-refractivity contribution in [3.8, 4) is 11.5 Å². The smallest absolute Gasteiger partial charge is 0.323 e. The van der Waals surface area contributed by atoms with E-state index in [0.717, 1.165) is 28.9 Å². The van der Waals surface area contributed by atoms with Crippen LogP contribution >= 0.6 is 0 Å². The molecule has 0 atom stereocenters. The zero-order valence-electron chi connectivity index (χ0n) is 24.8. The molecule has 1 N–H and O–H groups in total. The lowest BCUT2D eigenvalue weighted by molar-refractivity contribution is -0.138. The Bertz CT molecular complexity index is 1240. The van der Waals surface area contributed by atoms with Gasteiger partial charge >= 0.3 is 5.97 Å². The number of allylic oxidation sites excluding steroid dienone is 5. The molecule has 1 aromatic carbocycles. The van der Waals surface area contributed by atoms with Crippen molar-refractivity contribution in [2.75, 3.05) is 19.8 Å². The molecule has 0 radical (unpaired) electrons. The summed E-state index contributed by atoms with van der Waals surface area (Å²) < 4.78 is 12.2. The number of aliphatic carboxylic acids is 1. The summed E-state index contributed by atoms with van der Waals surface area (Å²) in [7, 11) is 0. The molecule has 4 rings (SSSR count). The van der Waals surface area contributed by atoms with E-state index in [9.17, 15) is 19.5 Å². The highest BCUT2D eigenvalue weighted by molar-refractivity contribution is 6.07. The van der Waals surface area contributed by atoms with Crippen molar-refractivity contribution in [3.05, 3.63) is 58.5 Å². The van der Waals surface area contributed by atoms with E-state index in [1.165, 1.54) is 0 Å². The number of rotatable bonds is 10. The Balaban J connectivity index is 2.04. The molecular formula is C33H43NO6. The first-order valence-corrected chi connectivity index (χ1v) is 14.4. The molecule has 0 saturated heterocycles. The number of benzene rings is 1. The first-order valence-electron chi connectivity index (χ1n) is 14.4. The van der Waals surface area contributed by atoms with Crippen LogP contribution in [-0.4, -0.2) is 47.3 Å². The Hall–Kier alpha value is -3.35. The minimum absolute atomic E-state index is 0.0367. The van der Waals surface area contributed by atoms with Crippen molar-refractivity contribution in [3.63, 3.8) is 0 Å². The van der Waals surface area contributed by atoms with Gasteiger partial charge in [0.15, 0.2) is 23.1 Å². The number of nitrogens with zero attached hydrogens (tertiary/aromatic N) is 1. The van der Waals surface area contributed by atoms with Gasteiger partial charge in [-0.25, -0.2) is 0 Å². The van der Waals surface area contributed by atoms with E-state index in [-0.39, 0.29) is 28.9 Å². The first kappa shape index (κ1) is 29.6. The lowest BCUT2D eigenvalue weighted by atomic mass is 9.63. The van der Waals surface area contributed by atoms with Crippen molar-refractivity contribution in [2.45, 2.75) is 86.0 Å². The van der Waals surface area contributed by atoms with E-state index >= 15 is 0 Å². The SMILES string of the molecule is C=CCc1cc(C2C3=C(CC(C)(C)CC3=O)N(CC(=O)O)C3=C2C(=O)CC(C)(C)C3)cc(OCC)c1OCCC. The van der Waals surface area contributed by atoms with Crippen LogP contribution in [0.2, 0.25) is 0 Å². The number of carbonyl (C=O) groups excluding carboxylic acids is 2. The van der Waals surface area contributed by atoms with Crippen molar-refractivity contribution < 1.29 is 29.0 Å². The third-order valence-electron chi connectivity index (χ3n) is 7.92. The summed E-state index contributed by atoms with van der Waals surface area (Å²) in [4.78, 5) is 41.8. The molecular weight excluding hydrogens is 506 g/mol. The first-order chi connectivity index (χ1) is 18.8. The molecule has 40 heavy (non-hydrogen) atoms. The maximum Gasteiger partial charge on any atom is 0.323 e. The lowest BCUT2D eigenvalue weighted by Gasteiger charge is -2.48. The number of hydrogen-bond acceptors (Lipinski definition) is 6. The molecule has 2 aliphatic carbocycles. The molecule has 1 aromatic rings. The lowest BCUT2D eigenvalue weighted by Crippen LogP contribution is -2.45. The summed E-state index contributed by atoms with van der Waals surface area (Å²) in [5, 5.41) is 9.92. The maximum atomic E-state index is 14.0. The van der Waals surface area contributed by atoms with E-state index in [0.29, 0.717) is 68.0 Å². The number of ketones is 2. The van der Waals surface area contributed by atoms with Crippen LogP contribution in [0, 0.1) is 10.8 Å². The number of Topliss-reactive ketones (excluding diaryl/α,β-unsaturated/α-hetero) is 2. The molecule has 3 aliphatic rings. The number of ether oxygens (including phenoxy) is 2. The zero-order valence-corrected chi connectivity index (χ0v) is 24.8. The molecule has 0 spiro atoms. The van der Waals surface area contributed by atoms with Gasteiger partial charge in [-0.05, 0) is 55.1 Å². The Labute approximate surface area is 237 Å². The topological polar surface area (TPSA) is 93.1 Å². The summed E-state index contributed by atoms with van der Waals surface area (Å²) in [5.41, 5.74) is 3.56. The fourth-order valence-corrected chi connectivity index (χ4v) is 6.50. The molecule has 0 saturated carbocycles. The molecule has 7 heteroatoms. The fraction of sp³-hybridized carbons (Fsp3) is 0.545. The third-order valence-corrected chi connectivity index (χ3v) is 7.92. The average Bonchev–Trinajstić information content (AvgIpc) is 2.83. The third kappa shape index (κ3) is 5.74. The Morgan fingerprint density at radius 2 is 1.57 bits per heavy atom. The molecule has 1 aliphatic heterocycles. The van der Waals surface area contributed by atoms with Gasteiger partial charge in [-0.15, -0.1) is 6.58 Å². The van der Waals surface area contributed by atoms with E-state index in [4.69, 9.17) is 9.47 Å². The van der Waals surface area contributed by atoms with E-state index < -0.39 is 11.9 Å². The number of hydrogen-bond donors (Lipinski definition) is 1. The average molecular weight is 550 g/mol. The van der Waals surface area contributed by atoms with Crippen LogP contribution in [0.25, 0.3) is 0 Å². The molecule has 0 fully saturated rings. The monoisotopic (exact) mass is 549 g/mol. The van der Waals surface area contributed by atoms with Crippen molar-refractivity contribution >= 4 is 17.5 Å². The van der Waals surface area contributed by atoms with Gasteiger partial charge in [-0.2, -0.15) is 0 Å². The summed E-state index contributed by atoms with van der Waals surface area (Å²) in [6.45, 7) is 16.7. The van der Waals surface area contributed by atoms with Crippen LogP contribution in [-0.2, 0) is 20.8 Å². The Morgan fingerprint density at radius 1 is 1.00 bits per heavy atom. The summed E-state index contributed by atoms with van der Waals surface area (Å²) >= 11 is 0. The van der Waals surface area contributed by atoms with Crippen LogP contribution in [0.1, 0.15) is 90.7 Å². The van der Waals surface area contributed by atoms with Gasteiger partial charge in [0.2, 0.25) is 0 Å². The largest absolute Gasteiger partial charge is 0.490 e. The zero-order chi connectivity index (χ0) is 29.4. The van der Waals surface area contributed by atoms with E-state index in [1.54, 1.807) is 11.0 Å². The van der Waals surface area contributed by atoms with Crippen LogP contribution in [0.3, 0.4) is 0 Å². The van der Waals surface area contributed by atoms with Crippen LogP contribution in [0.15, 0.2) is 47.3 Å². The van der Waals surface area contributed by atoms with Gasteiger partial charge in [-0.1, -0.05) is 46.8 Å². The van der Waals surface area contributed by atoms with Gasteiger partial charge in [-0.3, -0.25) is 14.4 Å². The van der Waals surface area contributed by atoms with E-state index in [1.807, 2.05) is 53.7 Å². The number of carboxylic acids is 1. The predicted octanol–water partition coefficient (Wildman–Crippen LogP) is 6.37. The molecule has 0 bridgehead atoms. The van der Waals surface area contributed by atoms with Crippen molar-refractivity contribution in [2.24, 2.45) is 10.8 Å². The van der Waals surface area contributed by atoms with Crippen molar-refractivity contribution in [1.82, 2.24) is 4.90 Å². The Morgan fingerprint density at radius 3 is 2.05 bits per heavy atom. The minimum Gasteiger partial charge on any atom is -0.490 e. The van der Waals surface area contributed by atoms with E-state index in [2.05, 4.69) is 6.58 Å². The Kier molecular flexibility index (Phi) is 8.34. The highest BCUT2D eigenvalue weighted by Gasteiger charge is 2.49. The highest BCUT2D eigenvalue weighted by Crippen LogP contribution is 2.55. The standard InChI is InChI=1S/C33H43NO6/c1-8-11-20-13-21(14-26(39-10-3)31(20)40-12-9-2)28-29-22(15-32(4,5)17-24(29)35)34(19-27(37)38)23-16-33(6,7)18-25(36)30(23)28/h8,13-14,28H,1,9-12,15-19H2,2-7H3,(H,37,38). The molecule has 0 aromatic heterocycles. The number of carboxylic acid groups (broad SMARTS) is 1. The molecule has 7 nitrogen and oxygen atoms in total. The maximum absolute atomic E-state index is 14.0. The van der Waals surface area contributed by atoms with Crippen LogP contribution < -0.4 is 9.47 Å². The quantitative estimate of drug-likeness (QED) is 0.339. The van der Waals surface area contributed by atoms with Crippen molar-refractivity contribution in [1.29, 1.82) is 0 Å². The predicted molar refractivity (Wildman–Crippen MR) is 154 cm³/mol. The molecule has 216 valence electrons. The van der Waals surface area contributed by atoms with Crippen LogP contribution in [0.5, 0.6) is 11.5 Å². The van der Waals surface area contributed by atoms with Gasteiger partial charge in [0.1, 0.15) is 6.54 Å². The van der Waals surface area contributed by atoms with Gasteiger partial charge in [0, 0.05) is 46.9 Å². The van der Waals surface area contributed by atoms with Gasteiger partial charge < -0.3 is 19.5 Å². The molecule has 1 heterocycles. The number of carbonyl (C=O) groups is 3. The molecule has 0 unspecified atom stereocenters. The van der Waals surface area contributed by atoms with Gasteiger partial charge in [0.05, 0.1) is 13.2 Å². The normalized spacial score (nSPS) is 20.3. The summed E-state index contributed by atoms with van der Waals surface area (Å²) in [6, 6.07) is 3.93. The second-order valence-electron chi connectivity index (χ2n) is 12.8. The summed E-state index contributed by atoms with van der Waals surface area (Å²) in [6.07, 6.45) is 4.95. The van der Waals surface area contributed by atoms with Gasteiger partial charge in [0.25, 0.3) is 0 Å². The molecule has 0 amide bonds. The second kappa shape index (κ2) is 11.3. The highest BCUT2D eigenvalue weighted by atomic mass is 16.5.